The van der Waals surface area contributed by atoms with Gasteiger partial charge >= 0.3 is 0 Å². The number of nitrogens with zero attached hydrogens (tertiary/aromatic N) is 1. The SMILES string of the molecule is COc1ccc2nc(S[C@@H](C)C(=O)Nc3sc4c(c3C(N)=O)CCC4)[nH]c2c1. The highest BCUT2D eigenvalue weighted by atomic mass is 32.2. The number of H-pyrrole nitrogens is 1. The lowest BCUT2D eigenvalue weighted by Gasteiger charge is -2.10. The number of fused-ring (bicyclic) bond motifs is 2. The fraction of sp³-hybridized carbons (Fsp3) is 0.316. The summed E-state index contributed by atoms with van der Waals surface area (Å²) in [6, 6.07) is 5.57. The summed E-state index contributed by atoms with van der Waals surface area (Å²) in [4.78, 5) is 33.4. The second-order valence-electron chi connectivity index (χ2n) is 6.60. The second-order valence-corrected chi connectivity index (χ2v) is 9.03. The van der Waals surface area contributed by atoms with Crippen molar-refractivity contribution in [1.29, 1.82) is 0 Å². The molecule has 2 aromatic heterocycles. The molecule has 2 amide bonds. The minimum absolute atomic E-state index is 0.189. The quantitative estimate of drug-likeness (QED) is 0.534. The average molecular weight is 417 g/mol. The van der Waals surface area contributed by atoms with Gasteiger partial charge in [-0.25, -0.2) is 4.98 Å². The molecule has 0 unspecified atom stereocenters. The zero-order valence-corrected chi connectivity index (χ0v) is 17.1. The number of aryl methyl sites for hydroxylation is 1. The summed E-state index contributed by atoms with van der Waals surface area (Å²) in [5.74, 6) is 0.0647. The number of benzene rings is 1. The molecule has 0 bridgehead atoms. The highest BCUT2D eigenvalue weighted by Gasteiger charge is 2.27. The molecule has 0 fully saturated rings. The van der Waals surface area contributed by atoms with E-state index in [9.17, 15) is 9.59 Å². The number of aromatic nitrogens is 2. The number of aromatic amines is 1. The van der Waals surface area contributed by atoms with Crippen molar-refractivity contribution in [2.75, 3.05) is 12.4 Å². The maximum absolute atomic E-state index is 12.7. The maximum Gasteiger partial charge on any atom is 0.251 e. The third-order valence-electron chi connectivity index (χ3n) is 4.73. The van der Waals surface area contributed by atoms with Crippen molar-refractivity contribution in [3.63, 3.8) is 0 Å². The molecule has 9 heteroatoms. The van der Waals surface area contributed by atoms with Gasteiger partial charge < -0.3 is 20.8 Å². The zero-order valence-electron chi connectivity index (χ0n) is 15.5. The lowest BCUT2D eigenvalue weighted by atomic mass is 10.1. The lowest BCUT2D eigenvalue weighted by molar-refractivity contribution is -0.115. The van der Waals surface area contributed by atoms with E-state index in [1.54, 1.807) is 14.0 Å². The molecule has 1 atom stereocenters. The highest BCUT2D eigenvalue weighted by Crippen LogP contribution is 2.39. The van der Waals surface area contributed by atoms with E-state index in [0.717, 1.165) is 46.5 Å². The molecule has 4 N–H and O–H groups in total. The number of rotatable bonds is 6. The Kier molecular flexibility index (Phi) is 5.03. The third kappa shape index (κ3) is 3.47. The molecule has 146 valence electrons. The van der Waals surface area contributed by atoms with E-state index in [1.807, 2.05) is 18.2 Å². The van der Waals surface area contributed by atoms with Crippen LogP contribution in [0.3, 0.4) is 0 Å². The van der Waals surface area contributed by atoms with E-state index in [0.29, 0.717) is 15.7 Å². The van der Waals surface area contributed by atoms with Crippen LogP contribution in [0.5, 0.6) is 5.75 Å². The molecule has 4 rings (SSSR count). The first-order chi connectivity index (χ1) is 13.5. The number of carbonyl (C=O) groups is 2. The zero-order chi connectivity index (χ0) is 19.8. The van der Waals surface area contributed by atoms with Crippen molar-refractivity contribution in [2.24, 2.45) is 5.73 Å². The van der Waals surface area contributed by atoms with Crippen LogP contribution >= 0.6 is 23.1 Å². The van der Waals surface area contributed by atoms with Gasteiger partial charge in [0.15, 0.2) is 5.16 Å². The number of anilines is 1. The van der Waals surface area contributed by atoms with Crippen LogP contribution in [0, 0.1) is 0 Å². The van der Waals surface area contributed by atoms with Gasteiger partial charge in [-0.15, -0.1) is 11.3 Å². The molecule has 0 radical (unpaired) electrons. The Morgan fingerprint density at radius 3 is 2.96 bits per heavy atom. The number of nitrogens with one attached hydrogen (secondary N) is 2. The Balaban J connectivity index is 1.49. The summed E-state index contributed by atoms with van der Waals surface area (Å²) in [5.41, 5.74) is 8.69. The summed E-state index contributed by atoms with van der Waals surface area (Å²) in [6.45, 7) is 1.80. The summed E-state index contributed by atoms with van der Waals surface area (Å²) in [7, 11) is 1.61. The van der Waals surface area contributed by atoms with Gasteiger partial charge in [0, 0.05) is 10.9 Å². The van der Waals surface area contributed by atoms with E-state index in [2.05, 4.69) is 15.3 Å². The molecule has 0 saturated heterocycles. The fourth-order valence-electron chi connectivity index (χ4n) is 3.34. The Morgan fingerprint density at radius 1 is 1.39 bits per heavy atom. The molecule has 0 saturated carbocycles. The van der Waals surface area contributed by atoms with Crippen LogP contribution in [0.1, 0.15) is 34.1 Å². The maximum atomic E-state index is 12.7. The van der Waals surface area contributed by atoms with Crippen LogP contribution in [0.4, 0.5) is 5.00 Å². The highest BCUT2D eigenvalue weighted by molar-refractivity contribution is 8.00. The van der Waals surface area contributed by atoms with Crippen LogP contribution in [0.2, 0.25) is 0 Å². The number of carbonyl (C=O) groups excluding carboxylic acids is 2. The van der Waals surface area contributed by atoms with E-state index < -0.39 is 11.2 Å². The van der Waals surface area contributed by atoms with Crippen molar-refractivity contribution in [3.05, 3.63) is 34.2 Å². The number of thiophene rings is 1. The van der Waals surface area contributed by atoms with Crippen molar-refractivity contribution in [2.45, 2.75) is 36.6 Å². The lowest BCUT2D eigenvalue weighted by Crippen LogP contribution is -2.24. The van der Waals surface area contributed by atoms with E-state index >= 15 is 0 Å². The van der Waals surface area contributed by atoms with Gasteiger partial charge in [-0.3, -0.25) is 9.59 Å². The Hall–Kier alpha value is -2.52. The molecular formula is C19H20N4O3S2. The van der Waals surface area contributed by atoms with Crippen molar-refractivity contribution >= 4 is 50.9 Å². The van der Waals surface area contributed by atoms with Gasteiger partial charge in [0.1, 0.15) is 10.8 Å². The summed E-state index contributed by atoms with van der Waals surface area (Å²) in [5, 5.41) is 3.69. The standard InChI is InChI=1S/C19H20N4O3S2/c1-9(27-19-21-12-7-6-10(26-2)8-13(12)22-19)17(25)23-18-15(16(20)24)11-4-3-5-14(11)28-18/h6-9H,3-5H2,1-2H3,(H2,20,24)(H,21,22)(H,23,25)/t9-/m0/s1. The number of amides is 2. The molecular weight excluding hydrogens is 396 g/mol. The van der Waals surface area contributed by atoms with Gasteiger partial charge in [-0.2, -0.15) is 0 Å². The van der Waals surface area contributed by atoms with Crippen molar-refractivity contribution in [1.82, 2.24) is 9.97 Å². The van der Waals surface area contributed by atoms with Crippen molar-refractivity contribution < 1.29 is 14.3 Å². The number of nitrogens with two attached hydrogens (primary N) is 1. The van der Waals surface area contributed by atoms with Gasteiger partial charge in [-0.05, 0) is 43.9 Å². The van der Waals surface area contributed by atoms with Crippen LogP contribution in [0.25, 0.3) is 11.0 Å². The van der Waals surface area contributed by atoms with Gasteiger partial charge in [-0.1, -0.05) is 11.8 Å². The van der Waals surface area contributed by atoms with E-state index in [4.69, 9.17) is 10.5 Å². The normalized spacial score (nSPS) is 14.1. The number of hydrogen-bond donors (Lipinski definition) is 3. The largest absolute Gasteiger partial charge is 0.497 e. The Morgan fingerprint density at radius 2 is 2.21 bits per heavy atom. The number of ether oxygens (including phenoxy) is 1. The molecule has 0 aliphatic heterocycles. The smallest absolute Gasteiger partial charge is 0.251 e. The first kappa shape index (κ1) is 18.8. The average Bonchev–Trinajstić information content (AvgIpc) is 3.33. The predicted molar refractivity (Wildman–Crippen MR) is 111 cm³/mol. The van der Waals surface area contributed by atoms with E-state index in [-0.39, 0.29) is 5.91 Å². The molecule has 1 aliphatic carbocycles. The first-order valence-electron chi connectivity index (χ1n) is 8.92. The molecule has 1 aliphatic rings. The minimum atomic E-state index is -0.485. The summed E-state index contributed by atoms with van der Waals surface area (Å²) in [6.07, 6.45) is 2.80. The molecule has 28 heavy (non-hydrogen) atoms. The van der Waals surface area contributed by atoms with Gasteiger partial charge in [0.25, 0.3) is 5.91 Å². The Bertz CT molecular complexity index is 1070. The summed E-state index contributed by atoms with van der Waals surface area (Å²) < 4.78 is 5.22. The second kappa shape index (κ2) is 7.48. The molecule has 2 heterocycles. The summed E-state index contributed by atoms with van der Waals surface area (Å²) >= 11 is 2.78. The minimum Gasteiger partial charge on any atom is -0.497 e. The van der Waals surface area contributed by atoms with Crippen LogP contribution in [0.15, 0.2) is 23.4 Å². The monoisotopic (exact) mass is 416 g/mol. The van der Waals surface area contributed by atoms with Crippen LogP contribution in [-0.4, -0.2) is 34.1 Å². The van der Waals surface area contributed by atoms with Crippen LogP contribution in [-0.2, 0) is 17.6 Å². The van der Waals surface area contributed by atoms with Gasteiger partial charge in [0.2, 0.25) is 5.91 Å². The number of methoxy groups -OCH3 is 1. The number of thioether (sulfide) groups is 1. The molecule has 0 spiro atoms. The van der Waals surface area contributed by atoms with E-state index in [1.165, 1.54) is 23.1 Å². The predicted octanol–water partition coefficient (Wildman–Crippen LogP) is 3.34. The van der Waals surface area contributed by atoms with Gasteiger partial charge in [0.05, 0.1) is 29.0 Å². The fourth-order valence-corrected chi connectivity index (χ4v) is 5.45. The Labute approximate surface area is 170 Å². The first-order valence-corrected chi connectivity index (χ1v) is 10.6. The van der Waals surface area contributed by atoms with Crippen molar-refractivity contribution in [3.8, 4) is 5.75 Å². The third-order valence-corrected chi connectivity index (χ3v) is 6.92. The number of imidazole rings is 1. The number of hydrogen-bond acceptors (Lipinski definition) is 6. The number of primary amides is 1. The molecule has 3 aromatic rings. The van der Waals surface area contributed by atoms with Crippen LogP contribution < -0.4 is 15.8 Å². The molecule has 1 aromatic carbocycles. The molecule has 7 nitrogen and oxygen atoms in total. The topological polar surface area (TPSA) is 110 Å².